The monoisotopic (exact) mass is 285 g/mol. The van der Waals surface area contributed by atoms with Crippen LogP contribution in [0.25, 0.3) is 0 Å². The highest BCUT2D eigenvalue weighted by molar-refractivity contribution is 7.11. The summed E-state index contributed by atoms with van der Waals surface area (Å²) in [7, 11) is 2.09. The minimum atomic E-state index is -0.426. The van der Waals surface area contributed by atoms with Gasteiger partial charge in [0.1, 0.15) is 10.6 Å². The van der Waals surface area contributed by atoms with Crippen LogP contribution in [0.2, 0.25) is 0 Å². The van der Waals surface area contributed by atoms with Crippen molar-refractivity contribution in [3.05, 3.63) is 5.56 Å². The second-order valence-corrected chi connectivity index (χ2v) is 5.17. The summed E-state index contributed by atoms with van der Waals surface area (Å²) >= 11 is 1.18. The molecule has 1 aromatic heterocycles. The highest BCUT2D eigenvalue weighted by Gasteiger charge is 2.23. The summed E-state index contributed by atoms with van der Waals surface area (Å²) in [5, 5.41) is 2.72. The first-order chi connectivity index (χ1) is 9.11. The molecular formula is C11H19N5O2S. The van der Waals surface area contributed by atoms with Crippen molar-refractivity contribution < 1.29 is 9.53 Å². The number of anilines is 2. The zero-order valence-corrected chi connectivity index (χ0v) is 12.0. The Labute approximate surface area is 116 Å². The van der Waals surface area contributed by atoms with Crippen molar-refractivity contribution in [3.63, 3.8) is 0 Å². The van der Waals surface area contributed by atoms with Gasteiger partial charge in [0.15, 0.2) is 5.82 Å². The topological polar surface area (TPSA) is 83.7 Å². The van der Waals surface area contributed by atoms with Gasteiger partial charge in [0.25, 0.3) is 0 Å². The minimum absolute atomic E-state index is 0.222. The van der Waals surface area contributed by atoms with Crippen LogP contribution in [-0.4, -0.2) is 60.1 Å². The second kappa shape index (κ2) is 6.18. The first kappa shape index (κ1) is 14.0. The molecule has 0 radical (unpaired) electrons. The lowest BCUT2D eigenvalue weighted by Gasteiger charge is -2.32. The van der Waals surface area contributed by atoms with Gasteiger partial charge in [-0.3, -0.25) is 0 Å². The summed E-state index contributed by atoms with van der Waals surface area (Å²) in [5.41, 5.74) is 9.28. The molecule has 0 bridgehead atoms. The number of piperazine rings is 1. The SMILES string of the molecule is CCOC(=O)c1c(N)nsc1NN1CCN(C)CC1. The highest BCUT2D eigenvalue weighted by Crippen LogP contribution is 2.28. The Balaban J connectivity index is 2.06. The van der Waals surface area contributed by atoms with Crippen molar-refractivity contribution in [2.45, 2.75) is 6.92 Å². The number of nitrogens with one attached hydrogen (secondary N) is 1. The van der Waals surface area contributed by atoms with Crippen molar-refractivity contribution in [2.24, 2.45) is 0 Å². The Morgan fingerprint density at radius 3 is 2.79 bits per heavy atom. The van der Waals surface area contributed by atoms with Crippen LogP contribution in [0.15, 0.2) is 0 Å². The fraction of sp³-hybridized carbons (Fsp3) is 0.636. The molecule has 0 amide bonds. The number of aromatic nitrogens is 1. The van der Waals surface area contributed by atoms with Crippen LogP contribution in [0.3, 0.4) is 0 Å². The molecular weight excluding hydrogens is 266 g/mol. The van der Waals surface area contributed by atoms with E-state index in [1.165, 1.54) is 11.5 Å². The number of carbonyl (C=O) groups excluding carboxylic acids is 1. The number of ether oxygens (including phenoxy) is 1. The predicted octanol–water partition coefficient (Wildman–Crippen LogP) is 0.476. The average molecular weight is 285 g/mol. The number of hydrazine groups is 1. The molecule has 1 aliphatic heterocycles. The van der Waals surface area contributed by atoms with E-state index < -0.39 is 5.97 Å². The maximum Gasteiger partial charge on any atom is 0.345 e. The second-order valence-electron chi connectivity index (χ2n) is 4.39. The van der Waals surface area contributed by atoms with E-state index in [9.17, 15) is 4.79 Å². The number of nitrogens with zero attached hydrogens (tertiary/aromatic N) is 3. The first-order valence-corrected chi connectivity index (χ1v) is 7.01. The lowest BCUT2D eigenvalue weighted by molar-refractivity contribution is 0.0528. The molecule has 0 atom stereocenters. The van der Waals surface area contributed by atoms with E-state index in [0.29, 0.717) is 17.2 Å². The highest BCUT2D eigenvalue weighted by atomic mass is 32.1. The molecule has 2 heterocycles. The van der Waals surface area contributed by atoms with E-state index in [1.807, 2.05) is 0 Å². The maximum absolute atomic E-state index is 11.8. The molecule has 2 rings (SSSR count). The maximum atomic E-state index is 11.8. The minimum Gasteiger partial charge on any atom is -0.462 e. The number of nitrogen functional groups attached to an aromatic ring is 1. The van der Waals surface area contributed by atoms with Gasteiger partial charge in [-0.1, -0.05) is 0 Å². The summed E-state index contributed by atoms with van der Waals surface area (Å²) < 4.78 is 9.01. The third-order valence-electron chi connectivity index (χ3n) is 2.96. The summed E-state index contributed by atoms with van der Waals surface area (Å²) in [4.78, 5) is 14.1. The molecule has 7 nitrogen and oxygen atoms in total. The van der Waals surface area contributed by atoms with E-state index in [2.05, 4.69) is 26.8 Å². The van der Waals surface area contributed by atoms with Crippen LogP contribution in [0.1, 0.15) is 17.3 Å². The number of esters is 1. The Kier molecular flexibility index (Phi) is 4.56. The first-order valence-electron chi connectivity index (χ1n) is 6.24. The van der Waals surface area contributed by atoms with E-state index in [1.54, 1.807) is 6.92 Å². The third-order valence-corrected chi connectivity index (χ3v) is 3.73. The van der Waals surface area contributed by atoms with E-state index in [-0.39, 0.29) is 5.82 Å². The zero-order chi connectivity index (χ0) is 13.8. The average Bonchev–Trinajstić information content (AvgIpc) is 2.74. The Morgan fingerprint density at radius 2 is 2.16 bits per heavy atom. The van der Waals surface area contributed by atoms with Crippen molar-refractivity contribution in [1.29, 1.82) is 0 Å². The van der Waals surface area contributed by atoms with Gasteiger partial charge >= 0.3 is 5.97 Å². The lowest BCUT2D eigenvalue weighted by Crippen LogP contribution is -2.47. The summed E-state index contributed by atoms with van der Waals surface area (Å²) in [6.45, 7) is 5.82. The molecule has 0 saturated carbocycles. The van der Waals surface area contributed by atoms with Gasteiger partial charge in [0.2, 0.25) is 0 Å². The molecule has 0 spiro atoms. The standard InChI is InChI=1S/C11H19N5O2S/c1-3-18-11(17)8-9(12)14-19-10(8)13-16-6-4-15(2)5-7-16/h13H,3-7H2,1-2H3,(H2,12,14). The zero-order valence-electron chi connectivity index (χ0n) is 11.2. The molecule has 0 unspecified atom stereocenters. The molecule has 1 aliphatic rings. The van der Waals surface area contributed by atoms with Gasteiger partial charge in [0.05, 0.1) is 6.61 Å². The Hall–Kier alpha value is -1.38. The summed E-state index contributed by atoms with van der Waals surface area (Å²) in [6, 6.07) is 0. The molecule has 0 aromatic carbocycles. The molecule has 0 aliphatic carbocycles. The van der Waals surface area contributed by atoms with Crippen molar-refractivity contribution in [1.82, 2.24) is 14.3 Å². The molecule has 106 valence electrons. The van der Waals surface area contributed by atoms with E-state index >= 15 is 0 Å². The van der Waals surface area contributed by atoms with Crippen LogP contribution < -0.4 is 11.2 Å². The predicted molar refractivity (Wildman–Crippen MR) is 75.2 cm³/mol. The molecule has 19 heavy (non-hydrogen) atoms. The Morgan fingerprint density at radius 1 is 1.47 bits per heavy atom. The van der Waals surface area contributed by atoms with E-state index in [0.717, 1.165) is 26.2 Å². The number of carbonyl (C=O) groups is 1. The normalized spacial score (nSPS) is 17.4. The number of nitrogens with two attached hydrogens (primary N) is 1. The van der Waals surface area contributed by atoms with Crippen LogP contribution in [0.5, 0.6) is 0 Å². The van der Waals surface area contributed by atoms with Gasteiger partial charge in [-0.05, 0) is 25.5 Å². The van der Waals surface area contributed by atoms with Gasteiger partial charge in [-0.25, -0.2) is 9.80 Å². The fourth-order valence-electron chi connectivity index (χ4n) is 1.84. The fourth-order valence-corrected chi connectivity index (χ4v) is 2.57. The Bertz CT molecular complexity index is 442. The number of likely N-dealkylation sites (N-methyl/N-ethyl adjacent to an activating group) is 1. The van der Waals surface area contributed by atoms with Crippen LogP contribution in [-0.2, 0) is 4.74 Å². The molecule has 1 fully saturated rings. The summed E-state index contributed by atoms with van der Waals surface area (Å²) in [6.07, 6.45) is 0. The largest absolute Gasteiger partial charge is 0.462 e. The van der Waals surface area contributed by atoms with Crippen LogP contribution in [0, 0.1) is 0 Å². The smallest absolute Gasteiger partial charge is 0.345 e. The van der Waals surface area contributed by atoms with Gasteiger partial charge in [0, 0.05) is 26.2 Å². The van der Waals surface area contributed by atoms with Gasteiger partial charge in [-0.15, -0.1) is 0 Å². The number of hydrogen-bond acceptors (Lipinski definition) is 8. The van der Waals surface area contributed by atoms with Crippen molar-refractivity contribution >= 4 is 28.3 Å². The van der Waals surface area contributed by atoms with Crippen LogP contribution in [0.4, 0.5) is 10.8 Å². The van der Waals surface area contributed by atoms with Gasteiger partial charge < -0.3 is 20.8 Å². The van der Waals surface area contributed by atoms with Crippen molar-refractivity contribution in [3.8, 4) is 0 Å². The third kappa shape index (κ3) is 3.34. The van der Waals surface area contributed by atoms with E-state index in [4.69, 9.17) is 10.5 Å². The lowest BCUT2D eigenvalue weighted by atomic mass is 10.3. The molecule has 8 heteroatoms. The van der Waals surface area contributed by atoms with Crippen molar-refractivity contribution in [2.75, 3.05) is 51.0 Å². The number of rotatable bonds is 4. The molecule has 3 N–H and O–H groups in total. The van der Waals surface area contributed by atoms with Crippen LogP contribution >= 0.6 is 11.5 Å². The molecule has 1 aromatic rings. The van der Waals surface area contributed by atoms with Gasteiger partial charge in [-0.2, -0.15) is 4.37 Å². The quantitative estimate of drug-likeness (QED) is 0.778. The molecule has 1 saturated heterocycles. The summed E-state index contributed by atoms with van der Waals surface area (Å²) in [5.74, 6) is -0.203. The number of hydrogen-bond donors (Lipinski definition) is 2.